The zero-order valence-electron chi connectivity index (χ0n) is 11.3. The summed E-state index contributed by atoms with van der Waals surface area (Å²) < 4.78 is 0. The van der Waals surface area contributed by atoms with Crippen LogP contribution in [-0.4, -0.2) is 11.0 Å². The highest BCUT2D eigenvalue weighted by Gasteiger charge is 2.22. The summed E-state index contributed by atoms with van der Waals surface area (Å²) in [5.41, 5.74) is 4.17. The van der Waals surface area contributed by atoms with Gasteiger partial charge in [0.25, 0.3) is 0 Å². The predicted molar refractivity (Wildman–Crippen MR) is 77.5 cm³/mol. The van der Waals surface area contributed by atoms with Crippen molar-refractivity contribution in [2.45, 2.75) is 64.3 Å². The number of nitrogens with zero attached hydrogens (tertiary/aromatic N) is 1. The predicted octanol–water partition coefficient (Wildman–Crippen LogP) is 3.19. The summed E-state index contributed by atoms with van der Waals surface area (Å²) in [6.45, 7) is 2.06. The Balaban J connectivity index is 1.93. The highest BCUT2D eigenvalue weighted by atomic mass is 32.1. The van der Waals surface area contributed by atoms with Crippen molar-refractivity contribution in [3.05, 3.63) is 16.1 Å². The van der Waals surface area contributed by atoms with E-state index in [1.54, 1.807) is 11.3 Å². The first-order valence-corrected chi connectivity index (χ1v) is 8.04. The zero-order valence-corrected chi connectivity index (χ0v) is 12.1. The molecule has 1 unspecified atom stereocenters. The van der Waals surface area contributed by atoms with Gasteiger partial charge in [-0.3, -0.25) is 11.3 Å². The van der Waals surface area contributed by atoms with Crippen LogP contribution in [0.4, 0.5) is 0 Å². The number of aromatic nitrogens is 1. The smallest absolute Gasteiger partial charge is 0.0944 e. The molecule has 1 aromatic rings. The van der Waals surface area contributed by atoms with Crippen molar-refractivity contribution in [2.24, 2.45) is 11.8 Å². The first-order valence-electron chi connectivity index (χ1n) is 7.16. The first-order chi connectivity index (χ1) is 8.79. The normalized spacial score (nSPS) is 20.3. The van der Waals surface area contributed by atoms with Gasteiger partial charge in [0.2, 0.25) is 0 Å². The van der Waals surface area contributed by atoms with Crippen LogP contribution in [0.3, 0.4) is 0 Å². The minimum Gasteiger partial charge on any atom is -0.271 e. The lowest BCUT2D eigenvalue weighted by molar-refractivity contribution is 0.285. The number of nitrogens with one attached hydrogen (secondary N) is 1. The van der Waals surface area contributed by atoms with Crippen molar-refractivity contribution in [1.82, 2.24) is 10.4 Å². The molecule has 102 valence electrons. The maximum absolute atomic E-state index is 5.78. The standard InChI is InChI=1S/C14H25N3S/c1-11-10-18-14(16-11)9-13(17-15)12-7-5-3-2-4-6-8-12/h10,12-13,17H,2-9,15H2,1H3. The van der Waals surface area contributed by atoms with Crippen LogP contribution in [0, 0.1) is 12.8 Å². The number of rotatable bonds is 4. The molecule has 0 aromatic carbocycles. The Labute approximate surface area is 114 Å². The van der Waals surface area contributed by atoms with Gasteiger partial charge in [0.15, 0.2) is 0 Å². The Bertz CT molecular complexity index is 343. The number of hydrogen-bond donors (Lipinski definition) is 2. The number of hydrazine groups is 1. The monoisotopic (exact) mass is 267 g/mol. The number of aryl methyl sites for hydroxylation is 1. The molecular formula is C14H25N3S. The van der Waals surface area contributed by atoms with Crippen molar-refractivity contribution in [3.63, 3.8) is 0 Å². The van der Waals surface area contributed by atoms with Crippen molar-refractivity contribution >= 4 is 11.3 Å². The van der Waals surface area contributed by atoms with E-state index in [1.165, 1.54) is 50.0 Å². The average molecular weight is 267 g/mol. The Hall–Kier alpha value is -0.450. The number of hydrogen-bond acceptors (Lipinski definition) is 4. The second-order valence-corrected chi connectivity index (χ2v) is 6.41. The van der Waals surface area contributed by atoms with E-state index in [-0.39, 0.29) is 0 Å². The summed E-state index contributed by atoms with van der Waals surface area (Å²) in [7, 11) is 0. The summed E-state index contributed by atoms with van der Waals surface area (Å²) in [5, 5.41) is 3.35. The Kier molecular flexibility index (Phi) is 5.60. The van der Waals surface area contributed by atoms with Gasteiger partial charge in [0, 0.05) is 23.5 Å². The van der Waals surface area contributed by atoms with E-state index >= 15 is 0 Å². The van der Waals surface area contributed by atoms with Gasteiger partial charge >= 0.3 is 0 Å². The molecule has 18 heavy (non-hydrogen) atoms. The van der Waals surface area contributed by atoms with E-state index in [2.05, 4.69) is 22.7 Å². The van der Waals surface area contributed by atoms with Crippen LogP contribution in [0.1, 0.15) is 55.6 Å². The van der Waals surface area contributed by atoms with Gasteiger partial charge in [-0.05, 0) is 25.7 Å². The van der Waals surface area contributed by atoms with Crippen LogP contribution >= 0.6 is 11.3 Å². The Morgan fingerprint density at radius 3 is 2.56 bits per heavy atom. The molecule has 1 aromatic heterocycles. The molecule has 2 rings (SSSR count). The molecule has 3 N–H and O–H groups in total. The number of nitrogens with two attached hydrogens (primary N) is 1. The summed E-state index contributed by atoms with van der Waals surface area (Å²) in [6.07, 6.45) is 10.5. The van der Waals surface area contributed by atoms with Crippen LogP contribution in [0.5, 0.6) is 0 Å². The molecule has 1 aliphatic rings. The van der Waals surface area contributed by atoms with Crippen LogP contribution in [0.15, 0.2) is 5.38 Å². The molecule has 1 aliphatic carbocycles. The molecule has 1 saturated carbocycles. The second-order valence-electron chi connectivity index (χ2n) is 5.47. The van der Waals surface area contributed by atoms with E-state index in [0.717, 1.165) is 18.0 Å². The maximum Gasteiger partial charge on any atom is 0.0944 e. The van der Waals surface area contributed by atoms with E-state index in [1.807, 2.05) is 0 Å². The van der Waals surface area contributed by atoms with Gasteiger partial charge in [-0.25, -0.2) is 4.98 Å². The third kappa shape index (κ3) is 4.04. The summed E-state index contributed by atoms with van der Waals surface area (Å²) >= 11 is 1.76. The molecule has 0 saturated heterocycles. The Morgan fingerprint density at radius 2 is 2.00 bits per heavy atom. The van der Waals surface area contributed by atoms with Gasteiger partial charge in [0.05, 0.1) is 5.01 Å². The van der Waals surface area contributed by atoms with Crippen molar-refractivity contribution < 1.29 is 0 Å². The van der Waals surface area contributed by atoms with E-state index < -0.39 is 0 Å². The van der Waals surface area contributed by atoms with E-state index in [4.69, 9.17) is 5.84 Å². The maximum atomic E-state index is 5.78. The molecule has 3 nitrogen and oxygen atoms in total. The molecule has 0 aliphatic heterocycles. The number of thiazole rings is 1. The Morgan fingerprint density at radius 1 is 1.33 bits per heavy atom. The molecule has 0 radical (unpaired) electrons. The summed E-state index contributed by atoms with van der Waals surface area (Å²) in [6, 6.07) is 0.397. The largest absolute Gasteiger partial charge is 0.271 e. The van der Waals surface area contributed by atoms with Crippen LogP contribution in [-0.2, 0) is 6.42 Å². The minimum atomic E-state index is 0.397. The third-order valence-electron chi connectivity index (χ3n) is 3.99. The van der Waals surface area contributed by atoms with E-state index in [0.29, 0.717) is 6.04 Å². The van der Waals surface area contributed by atoms with Gasteiger partial charge in [-0.2, -0.15) is 0 Å². The van der Waals surface area contributed by atoms with Crippen LogP contribution in [0.25, 0.3) is 0 Å². The molecule has 0 bridgehead atoms. The fraction of sp³-hybridized carbons (Fsp3) is 0.786. The van der Waals surface area contributed by atoms with Crippen molar-refractivity contribution in [2.75, 3.05) is 0 Å². The first kappa shape index (κ1) is 14.0. The fourth-order valence-electron chi connectivity index (χ4n) is 2.94. The lowest BCUT2D eigenvalue weighted by atomic mass is 9.85. The third-order valence-corrected chi connectivity index (χ3v) is 4.98. The minimum absolute atomic E-state index is 0.397. The molecule has 1 fully saturated rings. The van der Waals surface area contributed by atoms with E-state index in [9.17, 15) is 0 Å². The molecule has 0 amide bonds. The average Bonchev–Trinajstić information content (AvgIpc) is 2.72. The van der Waals surface area contributed by atoms with Crippen LogP contribution in [0.2, 0.25) is 0 Å². The second kappa shape index (κ2) is 7.22. The lowest BCUT2D eigenvalue weighted by Gasteiger charge is -2.27. The molecule has 1 heterocycles. The SMILES string of the molecule is Cc1csc(CC(NN)C2CCCCCCC2)n1. The zero-order chi connectivity index (χ0) is 12.8. The van der Waals surface area contributed by atoms with Gasteiger partial charge < -0.3 is 0 Å². The van der Waals surface area contributed by atoms with Gasteiger partial charge in [-0.15, -0.1) is 11.3 Å². The fourth-order valence-corrected chi connectivity index (χ4v) is 3.77. The van der Waals surface area contributed by atoms with Gasteiger partial charge in [-0.1, -0.05) is 32.1 Å². The molecule has 1 atom stereocenters. The van der Waals surface area contributed by atoms with Crippen molar-refractivity contribution in [1.29, 1.82) is 0 Å². The topological polar surface area (TPSA) is 50.9 Å². The molecule has 4 heteroatoms. The highest BCUT2D eigenvalue weighted by Crippen LogP contribution is 2.26. The molecule has 0 spiro atoms. The summed E-state index contributed by atoms with van der Waals surface area (Å²) in [5.74, 6) is 6.50. The highest BCUT2D eigenvalue weighted by molar-refractivity contribution is 7.09. The summed E-state index contributed by atoms with van der Waals surface area (Å²) in [4.78, 5) is 4.56. The van der Waals surface area contributed by atoms with Crippen LogP contribution < -0.4 is 11.3 Å². The van der Waals surface area contributed by atoms with Gasteiger partial charge in [0.1, 0.15) is 0 Å². The quantitative estimate of drug-likeness (QED) is 0.650. The molecular weight excluding hydrogens is 242 g/mol. The lowest BCUT2D eigenvalue weighted by Crippen LogP contribution is -2.42. The van der Waals surface area contributed by atoms with Crippen molar-refractivity contribution in [3.8, 4) is 0 Å².